The van der Waals surface area contributed by atoms with Gasteiger partial charge >= 0.3 is 0 Å². The summed E-state index contributed by atoms with van der Waals surface area (Å²) in [5.74, 6) is -2.36. The van der Waals surface area contributed by atoms with Gasteiger partial charge in [-0.05, 0) is 0 Å². The summed E-state index contributed by atoms with van der Waals surface area (Å²) in [5, 5.41) is 109. The Hall–Kier alpha value is -0.640. The summed E-state index contributed by atoms with van der Waals surface area (Å²) < 4.78 is 26.4. The van der Waals surface area contributed by atoms with Gasteiger partial charge in [-0.25, -0.2) is 0 Å². The minimum atomic E-state index is -2.36. The van der Waals surface area contributed by atoms with E-state index >= 15 is 0 Å². The zero-order valence-corrected chi connectivity index (χ0v) is 17.8. The Morgan fingerprint density at radius 3 is 1.65 bits per heavy atom. The Morgan fingerprint density at radius 2 is 1.12 bits per heavy atom. The van der Waals surface area contributed by atoms with Gasteiger partial charge in [-0.2, -0.15) is 0 Å². The lowest BCUT2D eigenvalue weighted by Crippen LogP contribution is -2.63. The number of hydrogen-bond donors (Lipinski definition) is 11. The number of aliphatic hydroxyl groups excluding tert-OH is 11. The average Bonchev–Trinajstić information content (AvgIpc) is 3.08. The summed E-state index contributed by atoms with van der Waals surface area (Å²) in [6.07, 6.45) is -21.8. The van der Waals surface area contributed by atoms with Crippen LogP contribution in [0.1, 0.15) is 0 Å². The van der Waals surface area contributed by atoms with E-state index < -0.39 is 112 Å². The Morgan fingerprint density at radius 1 is 0.588 bits per heavy atom. The van der Waals surface area contributed by atoms with Crippen molar-refractivity contribution in [1.82, 2.24) is 0 Å². The highest BCUT2D eigenvalue weighted by Gasteiger charge is 2.58. The van der Waals surface area contributed by atoms with Crippen LogP contribution >= 0.6 is 0 Å². The van der Waals surface area contributed by atoms with Crippen LogP contribution in [-0.4, -0.2) is 168 Å². The topological polar surface area (TPSA) is 269 Å². The molecule has 0 spiro atoms. The highest BCUT2D eigenvalue weighted by molar-refractivity contribution is 4.98. The van der Waals surface area contributed by atoms with Gasteiger partial charge in [0.05, 0.1) is 19.8 Å². The Balaban J connectivity index is 1.69. The molecule has 14 atom stereocenters. The first-order valence-electron chi connectivity index (χ1n) is 10.6. The van der Waals surface area contributed by atoms with E-state index in [0.29, 0.717) is 0 Å². The van der Waals surface area contributed by atoms with Crippen LogP contribution < -0.4 is 0 Å². The van der Waals surface area contributed by atoms with Gasteiger partial charge in [-0.15, -0.1) is 0 Å². The van der Waals surface area contributed by atoms with Crippen molar-refractivity contribution in [2.45, 2.75) is 85.5 Å². The van der Waals surface area contributed by atoms with Gasteiger partial charge in [0.25, 0.3) is 0 Å². The molecule has 0 bridgehead atoms. The molecule has 16 nitrogen and oxygen atoms in total. The third kappa shape index (κ3) is 5.09. The van der Waals surface area contributed by atoms with Gasteiger partial charge < -0.3 is 79.9 Å². The standard InChI is InChI=1S/C18H32O16/c19-1-5-8(22)11(25)13(27)16(31-5)30-3-7-9(23)12(26)14(28)17(32-7)34-18(4-21)15(29)10(24)6(2-20)33-18/h5-17,19-29H,1-4H2/t5-,6-,7-,8+,9-,10-,11+,12+,13-,14-,15+,16-,17+,18?/m1/s1. The third-order valence-corrected chi connectivity index (χ3v) is 6.16. The monoisotopic (exact) mass is 504 g/mol. The first-order valence-corrected chi connectivity index (χ1v) is 10.6. The molecular formula is C18H32O16. The molecule has 1 unspecified atom stereocenters. The zero-order valence-electron chi connectivity index (χ0n) is 17.8. The molecule has 3 aliphatic rings. The van der Waals surface area contributed by atoms with E-state index in [-0.39, 0.29) is 0 Å². The minimum Gasteiger partial charge on any atom is -0.394 e. The first-order chi connectivity index (χ1) is 16.0. The normalized spacial score (nSPS) is 52.1. The van der Waals surface area contributed by atoms with E-state index in [1.807, 2.05) is 0 Å². The van der Waals surface area contributed by atoms with Gasteiger partial charge in [0.1, 0.15) is 73.8 Å². The van der Waals surface area contributed by atoms with Crippen LogP contribution in [0.2, 0.25) is 0 Å². The van der Waals surface area contributed by atoms with E-state index in [4.69, 9.17) is 23.7 Å². The van der Waals surface area contributed by atoms with Gasteiger partial charge in [0.2, 0.25) is 5.79 Å². The van der Waals surface area contributed by atoms with E-state index in [9.17, 15) is 56.2 Å². The van der Waals surface area contributed by atoms with Crippen molar-refractivity contribution >= 4 is 0 Å². The highest BCUT2D eigenvalue weighted by atomic mass is 16.8. The smallest absolute Gasteiger partial charge is 0.224 e. The van der Waals surface area contributed by atoms with Crippen molar-refractivity contribution in [2.75, 3.05) is 26.4 Å². The van der Waals surface area contributed by atoms with Gasteiger partial charge in [0, 0.05) is 0 Å². The van der Waals surface area contributed by atoms with E-state index in [0.717, 1.165) is 0 Å². The molecule has 0 aromatic carbocycles. The molecule has 0 amide bonds. The van der Waals surface area contributed by atoms with Crippen molar-refractivity contribution in [2.24, 2.45) is 0 Å². The summed E-state index contributed by atoms with van der Waals surface area (Å²) in [5.41, 5.74) is 0. The Bertz CT molecular complexity index is 653. The van der Waals surface area contributed by atoms with Gasteiger partial charge in [-0.3, -0.25) is 0 Å². The fourth-order valence-electron chi connectivity index (χ4n) is 4.01. The summed E-state index contributed by atoms with van der Waals surface area (Å²) in [6, 6.07) is 0. The van der Waals surface area contributed by atoms with Crippen LogP contribution in [-0.2, 0) is 23.7 Å². The van der Waals surface area contributed by atoms with Crippen molar-refractivity contribution in [3.8, 4) is 0 Å². The molecule has 3 fully saturated rings. The number of rotatable bonds is 8. The molecule has 3 aliphatic heterocycles. The summed E-state index contributed by atoms with van der Waals surface area (Å²) >= 11 is 0. The van der Waals surface area contributed by atoms with Crippen LogP contribution in [0.3, 0.4) is 0 Å². The third-order valence-electron chi connectivity index (χ3n) is 6.16. The molecule has 0 aromatic rings. The predicted octanol–water partition coefficient (Wildman–Crippen LogP) is -7.57. The number of aliphatic hydroxyl groups is 11. The molecular weight excluding hydrogens is 472 g/mol. The van der Waals surface area contributed by atoms with Crippen LogP contribution in [0, 0.1) is 0 Å². The molecule has 0 aliphatic carbocycles. The predicted molar refractivity (Wildman–Crippen MR) is 101 cm³/mol. The van der Waals surface area contributed by atoms with Crippen LogP contribution in [0.5, 0.6) is 0 Å². The van der Waals surface area contributed by atoms with Gasteiger partial charge in [0.15, 0.2) is 12.6 Å². The Kier molecular flexibility index (Phi) is 9.18. The van der Waals surface area contributed by atoms with Crippen LogP contribution in [0.15, 0.2) is 0 Å². The Labute approximate surface area is 192 Å². The molecule has 0 radical (unpaired) electrons. The molecule has 3 heterocycles. The second-order valence-corrected chi connectivity index (χ2v) is 8.41. The van der Waals surface area contributed by atoms with E-state index in [1.54, 1.807) is 0 Å². The van der Waals surface area contributed by atoms with Crippen LogP contribution in [0.4, 0.5) is 0 Å². The molecule has 34 heavy (non-hydrogen) atoms. The average molecular weight is 504 g/mol. The number of ether oxygens (including phenoxy) is 5. The van der Waals surface area contributed by atoms with Crippen molar-refractivity contribution in [3.05, 3.63) is 0 Å². The molecule has 3 rings (SSSR count). The lowest BCUT2D eigenvalue weighted by Gasteiger charge is -2.44. The second-order valence-electron chi connectivity index (χ2n) is 8.41. The summed E-state index contributed by atoms with van der Waals surface area (Å²) in [4.78, 5) is 0. The molecule has 11 N–H and O–H groups in total. The largest absolute Gasteiger partial charge is 0.394 e. The maximum atomic E-state index is 10.3. The second kappa shape index (κ2) is 11.2. The maximum absolute atomic E-state index is 10.3. The van der Waals surface area contributed by atoms with Crippen LogP contribution in [0.25, 0.3) is 0 Å². The highest BCUT2D eigenvalue weighted by Crippen LogP contribution is 2.36. The minimum absolute atomic E-state index is 0.634. The summed E-state index contributed by atoms with van der Waals surface area (Å²) in [6.45, 7) is -3.14. The number of hydrogen-bond acceptors (Lipinski definition) is 16. The van der Waals surface area contributed by atoms with Crippen molar-refractivity contribution in [3.63, 3.8) is 0 Å². The van der Waals surface area contributed by atoms with Gasteiger partial charge in [-0.1, -0.05) is 0 Å². The van der Waals surface area contributed by atoms with Crippen molar-refractivity contribution in [1.29, 1.82) is 0 Å². The molecule has 0 aromatic heterocycles. The summed E-state index contributed by atoms with van der Waals surface area (Å²) in [7, 11) is 0. The lowest BCUT2D eigenvalue weighted by atomic mass is 9.98. The zero-order chi connectivity index (χ0) is 25.4. The molecule has 0 saturated carbocycles. The maximum Gasteiger partial charge on any atom is 0.224 e. The van der Waals surface area contributed by atoms with Crippen molar-refractivity contribution < 1.29 is 79.9 Å². The molecule has 200 valence electrons. The first kappa shape index (κ1) is 27.9. The molecule has 16 heteroatoms. The van der Waals surface area contributed by atoms with E-state index in [2.05, 4.69) is 0 Å². The molecule has 3 saturated heterocycles. The SMILES string of the molecule is OC[C@H]1O[C@@H](OC[C@H]2O[C@@H](OC3(CO)O[C@H](CO)[C@@H](O)[C@@H]3O)[C@H](O)[C@@H](O)[C@@H]2O)[C@H](O)[C@@H](O)[C@H]1O. The quantitative estimate of drug-likeness (QED) is 0.146. The fourth-order valence-corrected chi connectivity index (χ4v) is 4.01. The van der Waals surface area contributed by atoms with E-state index in [1.165, 1.54) is 0 Å². The fraction of sp³-hybridized carbons (Fsp3) is 1.00. The lowest BCUT2D eigenvalue weighted by molar-refractivity contribution is -0.388.